The molecular formula is C17H28FN3. The molecule has 1 fully saturated rings. The Hall–Kier alpha value is -1.13. The van der Waals surface area contributed by atoms with Crippen molar-refractivity contribution in [2.24, 2.45) is 0 Å². The molecule has 21 heavy (non-hydrogen) atoms. The minimum absolute atomic E-state index is 0.102. The molecule has 0 saturated carbocycles. The van der Waals surface area contributed by atoms with Crippen molar-refractivity contribution in [3.05, 3.63) is 29.6 Å². The van der Waals surface area contributed by atoms with Gasteiger partial charge in [0.05, 0.1) is 5.69 Å². The summed E-state index contributed by atoms with van der Waals surface area (Å²) in [6, 6.07) is 6.33. The Morgan fingerprint density at radius 2 is 2.10 bits per heavy atom. The quantitative estimate of drug-likeness (QED) is 0.900. The highest BCUT2D eigenvalue weighted by atomic mass is 19.1. The zero-order valence-corrected chi connectivity index (χ0v) is 13.7. The van der Waals surface area contributed by atoms with Crippen LogP contribution in [0.1, 0.15) is 39.3 Å². The molecular weight excluding hydrogens is 265 g/mol. The van der Waals surface area contributed by atoms with Gasteiger partial charge < -0.3 is 10.2 Å². The smallest absolute Gasteiger partial charge is 0.146 e. The zero-order valence-electron chi connectivity index (χ0n) is 13.7. The number of benzene rings is 1. The van der Waals surface area contributed by atoms with Gasteiger partial charge in [-0.2, -0.15) is 0 Å². The van der Waals surface area contributed by atoms with Crippen molar-refractivity contribution >= 4 is 5.69 Å². The van der Waals surface area contributed by atoms with Gasteiger partial charge in [0, 0.05) is 31.7 Å². The van der Waals surface area contributed by atoms with E-state index in [1.807, 2.05) is 12.1 Å². The highest BCUT2D eigenvalue weighted by molar-refractivity contribution is 5.50. The number of nitrogens with one attached hydrogen (secondary N) is 1. The van der Waals surface area contributed by atoms with Gasteiger partial charge >= 0.3 is 0 Å². The van der Waals surface area contributed by atoms with Crippen LogP contribution < -0.4 is 10.2 Å². The van der Waals surface area contributed by atoms with Gasteiger partial charge in [0.25, 0.3) is 0 Å². The van der Waals surface area contributed by atoms with Gasteiger partial charge in [0.15, 0.2) is 0 Å². The number of nitrogens with zero attached hydrogens (tertiary/aromatic N) is 2. The van der Waals surface area contributed by atoms with E-state index in [0.29, 0.717) is 6.04 Å². The largest absolute Gasteiger partial charge is 0.366 e. The fourth-order valence-electron chi connectivity index (χ4n) is 3.16. The van der Waals surface area contributed by atoms with E-state index in [1.165, 1.54) is 0 Å². The number of rotatable bonds is 5. The normalized spacial score (nSPS) is 21.6. The molecule has 2 unspecified atom stereocenters. The van der Waals surface area contributed by atoms with Gasteiger partial charge in [-0.05, 0) is 44.6 Å². The molecule has 0 radical (unpaired) electrons. The SMILES string of the molecule is CCNC(C)c1ccc(N2CCN(CC)C(C)C2)c(F)c1. The first-order valence-corrected chi connectivity index (χ1v) is 8.08. The van der Waals surface area contributed by atoms with Crippen molar-refractivity contribution in [3.8, 4) is 0 Å². The maximum Gasteiger partial charge on any atom is 0.146 e. The third-order valence-corrected chi connectivity index (χ3v) is 4.49. The number of hydrogen-bond donors (Lipinski definition) is 1. The molecule has 0 bridgehead atoms. The highest BCUT2D eigenvalue weighted by Crippen LogP contribution is 2.25. The predicted octanol–water partition coefficient (Wildman–Crippen LogP) is 3.03. The van der Waals surface area contributed by atoms with Crippen molar-refractivity contribution in [3.63, 3.8) is 0 Å². The van der Waals surface area contributed by atoms with E-state index in [2.05, 4.69) is 42.8 Å². The lowest BCUT2D eigenvalue weighted by Gasteiger charge is -2.40. The molecule has 0 aromatic heterocycles. The molecule has 1 saturated heterocycles. The summed E-state index contributed by atoms with van der Waals surface area (Å²) in [5.74, 6) is -0.102. The molecule has 4 heteroatoms. The van der Waals surface area contributed by atoms with E-state index < -0.39 is 0 Å². The minimum atomic E-state index is -0.102. The van der Waals surface area contributed by atoms with Crippen molar-refractivity contribution < 1.29 is 4.39 Å². The van der Waals surface area contributed by atoms with E-state index in [0.717, 1.165) is 44.0 Å². The fourth-order valence-corrected chi connectivity index (χ4v) is 3.16. The molecule has 118 valence electrons. The number of halogens is 1. The summed E-state index contributed by atoms with van der Waals surface area (Å²) in [7, 11) is 0. The van der Waals surface area contributed by atoms with Gasteiger partial charge in [0.2, 0.25) is 0 Å². The third kappa shape index (κ3) is 3.74. The molecule has 0 aliphatic carbocycles. The monoisotopic (exact) mass is 293 g/mol. The number of piperazine rings is 1. The lowest BCUT2D eigenvalue weighted by molar-refractivity contribution is 0.199. The summed E-state index contributed by atoms with van der Waals surface area (Å²) < 4.78 is 14.5. The Labute approximate surface area is 128 Å². The van der Waals surface area contributed by atoms with Crippen molar-refractivity contribution in [1.29, 1.82) is 0 Å². The van der Waals surface area contributed by atoms with Crippen LogP contribution in [0, 0.1) is 5.82 Å². The van der Waals surface area contributed by atoms with Crippen LogP contribution in [-0.4, -0.2) is 43.7 Å². The van der Waals surface area contributed by atoms with Gasteiger partial charge in [0.1, 0.15) is 5.82 Å². The molecule has 3 nitrogen and oxygen atoms in total. The summed E-state index contributed by atoms with van der Waals surface area (Å²) in [6.45, 7) is 13.3. The predicted molar refractivity (Wildman–Crippen MR) is 87.4 cm³/mol. The van der Waals surface area contributed by atoms with Gasteiger partial charge in [-0.15, -0.1) is 0 Å². The molecule has 0 spiro atoms. The zero-order chi connectivity index (χ0) is 15.4. The maximum absolute atomic E-state index is 14.5. The van der Waals surface area contributed by atoms with E-state index in [-0.39, 0.29) is 11.9 Å². The number of hydrogen-bond acceptors (Lipinski definition) is 3. The lowest BCUT2D eigenvalue weighted by Crippen LogP contribution is -2.52. The molecule has 1 heterocycles. The molecule has 1 aromatic carbocycles. The van der Waals surface area contributed by atoms with Crippen LogP contribution >= 0.6 is 0 Å². The van der Waals surface area contributed by atoms with Gasteiger partial charge in [-0.3, -0.25) is 4.90 Å². The second-order valence-electron chi connectivity index (χ2n) is 5.91. The summed E-state index contributed by atoms with van der Waals surface area (Å²) in [5.41, 5.74) is 1.75. The van der Waals surface area contributed by atoms with Gasteiger partial charge in [-0.1, -0.05) is 19.9 Å². The topological polar surface area (TPSA) is 18.5 Å². The summed E-state index contributed by atoms with van der Waals surface area (Å²) >= 11 is 0. The average Bonchev–Trinajstić information content (AvgIpc) is 2.47. The Balaban J connectivity index is 2.11. The Kier molecular flexibility index (Phi) is 5.59. The van der Waals surface area contributed by atoms with E-state index in [1.54, 1.807) is 6.07 Å². The second-order valence-corrected chi connectivity index (χ2v) is 5.91. The minimum Gasteiger partial charge on any atom is -0.366 e. The summed E-state index contributed by atoms with van der Waals surface area (Å²) in [4.78, 5) is 4.61. The molecule has 1 aliphatic heterocycles. The van der Waals surface area contributed by atoms with Crippen LogP contribution in [0.3, 0.4) is 0 Å². The van der Waals surface area contributed by atoms with Crippen LogP contribution in [-0.2, 0) is 0 Å². The van der Waals surface area contributed by atoms with Crippen LogP contribution in [0.4, 0.5) is 10.1 Å². The van der Waals surface area contributed by atoms with Crippen LogP contribution in [0.5, 0.6) is 0 Å². The highest BCUT2D eigenvalue weighted by Gasteiger charge is 2.24. The number of likely N-dealkylation sites (N-methyl/N-ethyl adjacent to an activating group) is 1. The fraction of sp³-hybridized carbons (Fsp3) is 0.647. The summed E-state index contributed by atoms with van der Waals surface area (Å²) in [6.07, 6.45) is 0. The molecule has 2 atom stereocenters. The molecule has 1 N–H and O–H groups in total. The van der Waals surface area contributed by atoms with Crippen molar-refractivity contribution in [2.45, 2.75) is 39.8 Å². The van der Waals surface area contributed by atoms with Crippen molar-refractivity contribution in [1.82, 2.24) is 10.2 Å². The molecule has 2 rings (SSSR count). The Morgan fingerprint density at radius 3 is 2.67 bits per heavy atom. The third-order valence-electron chi connectivity index (χ3n) is 4.49. The standard InChI is InChI=1S/C17H28FN3/c1-5-19-14(4)15-7-8-17(16(18)11-15)21-10-9-20(6-2)13(3)12-21/h7-8,11,13-14,19H,5-6,9-10,12H2,1-4H3. The van der Waals surface area contributed by atoms with E-state index in [9.17, 15) is 4.39 Å². The van der Waals surface area contributed by atoms with Gasteiger partial charge in [-0.25, -0.2) is 4.39 Å². The Bertz CT molecular complexity index is 463. The first-order valence-electron chi connectivity index (χ1n) is 8.08. The first-order chi connectivity index (χ1) is 10.1. The first kappa shape index (κ1) is 16.2. The second kappa shape index (κ2) is 7.23. The maximum atomic E-state index is 14.5. The number of anilines is 1. The molecule has 0 amide bonds. The van der Waals surface area contributed by atoms with E-state index >= 15 is 0 Å². The van der Waals surface area contributed by atoms with Crippen LogP contribution in [0.2, 0.25) is 0 Å². The Morgan fingerprint density at radius 1 is 1.33 bits per heavy atom. The average molecular weight is 293 g/mol. The lowest BCUT2D eigenvalue weighted by atomic mass is 10.1. The molecule has 1 aliphatic rings. The van der Waals surface area contributed by atoms with Crippen LogP contribution in [0.15, 0.2) is 18.2 Å². The van der Waals surface area contributed by atoms with Crippen LogP contribution in [0.25, 0.3) is 0 Å². The van der Waals surface area contributed by atoms with E-state index in [4.69, 9.17) is 0 Å². The summed E-state index contributed by atoms with van der Waals surface area (Å²) in [5, 5.41) is 3.32. The molecule has 1 aromatic rings. The van der Waals surface area contributed by atoms with Crippen molar-refractivity contribution in [2.75, 3.05) is 37.6 Å².